The van der Waals surface area contributed by atoms with E-state index >= 15 is 0 Å². The molecule has 0 aromatic carbocycles. The Morgan fingerprint density at radius 2 is 2.27 bits per heavy atom. The molecule has 5 atom stereocenters. The standard InChI is InChI=1S/C13H21N3O6/c1-6-4-16(13(19)15-11(6)14)12-10(21-7(2)20-3)9(18)8(5-17)22-12/h4,7-10,12,17-18H,5H2,1-3H3,(H2,14,15,19)/t7?,8-,9-,10-,12-/m1/s1. The Morgan fingerprint density at radius 3 is 2.86 bits per heavy atom. The van der Waals surface area contributed by atoms with E-state index in [1.807, 2.05) is 0 Å². The van der Waals surface area contributed by atoms with Gasteiger partial charge >= 0.3 is 5.69 Å². The molecule has 124 valence electrons. The van der Waals surface area contributed by atoms with E-state index < -0.39 is 43.1 Å². The van der Waals surface area contributed by atoms with Crippen LogP contribution < -0.4 is 11.4 Å². The normalized spacial score (nSPS) is 29.7. The summed E-state index contributed by atoms with van der Waals surface area (Å²) in [4.78, 5) is 15.7. The van der Waals surface area contributed by atoms with Crippen LogP contribution in [0, 0.1) is 6.92 Å². The summed E-state index contributed by atoms with van der Waals surface area (Å²) in [5.74, 6) is 0.126. The van der Waals surface area contributed by atoms with Gasteiger partial charge in [0.2, 0.25) is 0 Å². The molecule has 2 heterocycles. The van der Waals surface area contributed by atoms with Crippen molar-refractivity contribution in [3.63, 3.8) is 0 Å². The van der Waals surface area contributed by atoms with Gasteiger partial charge in [-0.3, -0.25) is 4.57 Å². The molecule has 1 aliphatic rings. The number of hydrogen-bond donors (Lipinski definition) is 3. The Kier molecular flexibility index (Phi) is 5.14. The monoisotopic (exact) mass is 315 g/mol. The van der Waals surface area contributed by atoms with Crippen LogP contribution in [0.4, 0.5) is 5.82 Å². The molecule has 2 rings (SSSR count). The molecule has 9 nitrogen and oxygen atoms in total. The van der Waals surface area contributed by atoms with Crippen LogP contribution in [0.2, 0.25) is 0 Å². The molecular weight excluding hydrogens is 294 g/mol. The highest BCUT2D eigenvalue weighted by atomic mass is 16.7. The highest BCUT2D eigenvalue weighted by Crippen LogP contribution is 2.31. The molecule has 0 spiro atoms. The van der Waals surface area contributed by atoms with Crippen molar-refractivity contribution >= 4 is 5.82 Å². The number of rotatable bonds is 5. The molecule has 1 unspecified atom stereocenters. The van der Waals surface area contributed by atoms with Gasteiger partial charge in [-0.05, 0) is 13.8 Å². The zero-order valence-electron chi connectivity index (χ0n) is 12.7. The van der Waals surface area contributed by atoms with E-state index in [-0.39, 0.29) is 5.82 Å². The Labute approximate surface area is 127 Å². The second kappa shape index (κ2) is 6.71. The number of ether oxygens (including phenoxy) is 3. The fraction of sp³-hybridized carbons (Fsp3) is 0.692. The lowest BCUT2D eigenvalue weighted by Gasteiger charge is -2.25. The van der Waals surface area contributed by atoms with Gasteiger partial charge < -0.3 is 30.2 Å². The van der Waals surface area contributed by atoms with E-state index in [9.17, 15) is 15.0 Å². The van der Waals surface area contributed by atoms with E-state index in [1.54, 1.807) is 13.8 Å². The first-order valence-corrected chi connectivity index (χ1v) is 6.87. The van der Waals surface area contributed by atoms with Crippen molar-refractivity contribution in [1.82, 2.24) is 9.55 Å². The van der Waals surface area contributed by atoms with Crippen molar-refractivity contribution in [3.8, 4) is 0 Å². The van der Waals surface area contributed by atoms with E-state index in [0.717, 1.165) is 0 Å². The Morgan fingerprint density at radius 1 is 1.59 bits per heavy atom. The van der Waals surface area contributed by atoms with Crippen LogP contribution in [-0.2, 0) is 14.2 Å². The summed E-state index contributed by atoms with van der Waals surface area (Å²) in [7, 11) is 1.45. The number of methoxy groups -OCH3 is 1. The van der Waals surface area contributed by atoms with Crippen LogP contribution >= 0.6 is 0 Å². The largest absolute Gasteiger partial charge is 0.394 e. The number of nitrogens with zero attached hydrogens (tertiary/aromatic N) is 2. The van der Waals surface area contributed by atoms with Crippen molar-refractivity contribution in [1.29, 1.82) is 0 Å². The third-order valence-electron chi connectivity index (χ3n) is 3.62. The summed E-state index contributed by atoms with van der Waals surface area (Å²) in [5.41, 5.74) is 5.56. The second-order valence-electron chi connectivity index (χ2n) is 5.14. The molecule has 1 aliphatic heterocycles. The Bertz CT molecular complexity index is 577. The van der Waals surface area contributed by atoms with Crippen LogP contribution in [0.1, 0.15) is 18.7 Å². The maximum Gasteiger partial charge on any atom is 0.351 e. The first-order valence-electron chi connectivity index (χ1n) is 6.87. The lowest BCUT2D eigenvalue weighted by molar-refractivity contribution is -0.182. The SMILES string of the molecule is COC(C)O[C@@H]1[C@H](O)[C@@H](CO)O[C@H]1n1cc(C)c(N)nc1=O. The van der Waals surface area contributed by atoms with E-state index in [4.69, 9.17) is 19.9 Å². The van der Waals surface area contributed by atoms with Crippen molar-refractivity contribution in [3.05, 3.63) is 22.2 Å². The fourth-order valence-corrected chi connectivity index (χ4v) is 2.28. The van der Waals surface area contributed by atoms with E-state index in [0.29, 0.717) is 5.56 Å². The molecule has 9 heteroatoms. The topological polar surface area (TPSA) is 129 Å². The smallest absolute Gasteiger partial charge is 0.351 e. The number of hydrogen-bond acceptors (Lipinski definition) is 8. The van der Waals surface area contributed by atoms with Crippen LogP contribution in [0.15, 0.2) is 11.0 Å². The maximum absolute atomic E-state index is 12.0. The minimum Gasteiger partial charge on any atom is -0.394 e. The van der Waals surface area contributed by atoms with Gasteiger partial charge in [0.05, 0.1) is 6.61 Å². The summed E-state index contributed by atoms with van der Waals surface area (Å²) >= 11 is 0. The average Bonchev–Trinajstić information content (AvgIpc) is 2.79. The maximum atomic E-state index is 12.0. The van der Waals surface area contributed by atoms with Gasteiger partial charge in [0.15, 0.2) is 12.5 Å². The van der Waals surface area contributed by atoms with E-state index in [1.165, 1.54) is 17.9 Å². The zero-order valence-corrected chi connectivity index (χ0v) is 12.7. The number of nitrogen functional groups attached to an aromatic ring is 1. The van der Waals surface area contributed by atoms with Crippen molar-refractivity contribution in [2.24, 2.45) is 0 Å². The van der Waals surface area contributed by atoms with Crippen LogP contribution in [-0.4, -0.2) is 58.1 Å². The van der Waals surface area contributed by atoms with Crippen LogP contribution in [0.3, 0.4) is 0 Å². The van der Waals surface area contributed by atoms with Gasteiger partial charge in [0.1, 0.15) is 24.1 Å². The first-order chi connectivity index (χ1) is 10.4. The summed E-state index contributed by atoms with van der Waals surface area (Å²) in [6, 6.07) is 0. The zero-order chi connectivity index (χ0) is 16.4. The molecule has 0 aliphatic carbocycles. The predicted molar refractivity (Wildman–Crippen MR) is 76.0 cm³/mol. The summed E-state index contributed by atoms with van der Waals surface area (Å²) in [5, 5.41) is 19.5. The fourth-order valence-electron chi connectivity index (χ4n) is 2.28. The second-order valence-corrected chi connectivity index (χ2v) is 5.14. The van der Waals surface area contributed by atoms with Gasteiger partial charge in [0, 0.05) is 18.9 Å². The Balaban J connectivity index is 2.38. The number of aromatic nitrogens is 2. The number of anilines is 1. The molecule has 0 radical (unpaired) electrons. The van der Waals surface area contributed by atoms with Crippen molar-refractivity contribution in [2.75, 3.05) is 19.5 Å². The quantitative estimate of drug-likeness (QED) is 0.576. The Hall–Kier alpha value is -1.52. The van der Waals surface area contributed by atoms with Crippen LogP contribution in [0.5, 0.6) is 0 Å². The number of aliphatic hydroxyl groups is 2. The molecule has 4 N–H and O–H groups in total. The highest BCUT2D eigenvalue weighted by molar-refractivity contribution is 5.35. The van der Waals surface area contributed by atoms with Gasteiger partial charge in [0.25, 0.3) is 0 Å². The molecular formula is C13H21N3O6. The number of nitrogens with two attached hydrogens (primary N) is 1. The molecule has 1 fully saturated rings. The molecule has 22 heavy (non-hydrogen) atoms. The minimum absolute atomic E-state index is 0.126. The molecule has 0 saturated carbocycles. The van der Waals surface area contributed by atoms with Crippen LogP contribution in [0.25, 0.3) is 0 Å². The molecule has 0 amide bonds. The van der Waals surface area contributed by atoms with E-state index in [2.05, 4.69) is 4.98 Å². The lowest BCUT2D eigenvalue weighted by Crippen LogP contribution is -2.40. The summed E-state index contributed by atoms with van der Waals surface area (Å²) in [6.07, 6.45) is -2.96. The van der Waals surface area contributed by atoms with Gasteiger partial charge in [-0.2, -0.15) is 4.98 Å². The van der Waals surface area contributed by atoms with Gasteiger partial charge in [-0.15, -0.1) is 0 Å². The highest BCUT2D eigenvalue weighted by Gasteiger charge is 2.46. The molecule has 0 bridgehead atoms. The molecule has 1 aromatic rings. The third kappa shape index (κ3) is 3.13. The first kappa shape index (κ1) is 16.8. The number of aliphatic hydroxyl groups excluding tert-OH is 2. The molecule has 1 saturated heterocycles. The number of aryl methyl sites for hydroxylation is 1. The minimum atomic E-state index is -1.11. The average molecular weight is 315 g/mol. The molecule has 1 aromatic heterocycles. The van der Waals surface area contributed by atoms with Crippen molar-refractivity contribution < 1.29 is 24.4 Å². The third-order valence-corrected chi connectivity index (χ3v) is 3.62. The van der Waals surface area contributed by atoms with Gasteiger partial charge in [-0.25, -0.2) is 4.79 Å². The summed E-state index contributed by atoms with van der Waals surface area (Å²) in [6.45, 7) is 2.93. The summed E-state index contributed by atoms with van der Waals surface area (Å²) < 4.78 is 17.3. The predicted octanol–water partition coefficient (Wildman–Crippen LogP) is -1.24. The van der Waals surface area contributed by atoms with Crippen molar-refractivity contribution in [2.45, 2.75) is 44.7 Å². The van der Waals surface area contributed by atoms with Gasteiger partial charge in [-0.1, -0.05) is 0 Å². The lowest BCUT2D eigenvalue weighted by atomic mass is 10.1.